The minimum Gasteiger partial charge on any atom is -0.496 e. The van der Waals surface area contributed by atoms with Crippen molar-refractivity contribution < 1.29 is 54.9 Å². The monoisotopic (exact) mass is 642 g/mol. The van der Waals surface area contributed by atoms with Crippen LogP contribution in [0.2, 0.25) is 0 Å². The van der Waals surface area contributed by atoms with Crippen LogP contribution in [0.15, 0.2) is 12.1 Å². The average molecular weight is 643 g/mol. The first-order chi connectivity index (χ1) is 21.4. The highest BCUT2D eigenvalue weighted by Gasteiger charge is 2.52. The van der Waals surface area contributed by atoms with Crippen LogP contribution in [-0.4, -0.2) is 43.6 Å². The Labute approximate surface area is 254 Å². The van der Waals surface area contributed by atoms with Gasteiger partial charge in [-0.1, -0.05) is 0 Å². The number of hydrogen-bond acceptors (Lipinski definition) is 6. The van der Waals surface area contributed by atoms with Crippen molar-refractivity contribution in [2.75, 3.05) is 19.0 Å². The predicted octanol–water partition coefficient (Wildman–Crippen LogP) is 5.81. The number of methoxy groups -OCH3 is 1. The first-order valence-electron chi connectivity index (χ1n) is 14.8. The number of halogens is 6. The summed E-state index contributed by atoms with van der Waals surface area (Å²) in [7, 11) is 1.24. The van der Waals surface area contributed by atoms with E-state index < -0.39 is 70.5 Å². The molecule has 0 unspecified atom stereocenters. The molecule has 14 heteroatoms. The zero-order valence-electron chi connectivity index (χ0n) is 24.5. The smallest absolute Gasteiger partial charge is 0.308 e. The second-order valence-corrected chi connectivity index (χ2v) is 11.6. The second-order valence-electron chi connectivity index (χ2n) is 11.6. The molecule has 2 aromatic carbocycles. The van der Waals surface area contributed by atoms with E-state index in [-0.39, 0.29) is 47.4 Å². The highest BCUT2D eigenvalue weighted by atomic mass is 19.2. The van der Waals surface area contributed by atoms with Gasteiger partial charge < -0.3 is 24.8 Å². The minimum absolute atomic E-state index is 0.101. The van der Waals surface area contributed by atoms with Crippen molar-refractivity contribution >= 4 is 23.5 Å². The van der Waals surface area contributed by atoms with Crippen LogP contribution in [0.25, 0.3) is 0 Å². The lowest BCUT2D eigenvalue weighted by Gasteiger charge is -2.31. The van der Waals surface area contributed by atoms with E-state index in [1.807, 2.05) is 5.32 Å². The van der Waals surface area contributed by atoms with Gasteiger partial charge in [-0.2, -0.15) is 0 Å². The first kappa shape index (κ1) is 32.4. The lowest BCUT2D eigenvalue weighted by Crippen LogP contribution is -2.48. The summed E-state index contributed by atoms with van der Waals surface area (Å²) >= 11 is 0. The number of esters is 1. The number of anilines is 1. The summed E-state index contributed by atoms with van der Waals surface area (Å²) in [4.78, 5) is 38.8. The highest BCUT2D eigenvalue weighted by Crippen LogP contribution is 2.49. The van der Waals surface area contributed by atoms with Crippen LogP contribution in [0.3, 0.4) is 0 Å². The van der Waals surface area contributed by atoms with Gasteiger partial charge in [0.2, 0.25) is 11.7 Å². The van der Waals surface area contributed by atoms with Gasteiger partial charge in [-0.25, -0.2) is 26.3 Å². The normalized spacial score (nSPS) is 25.5. The lowest BCUT2D eigenvalue weighted by atomic mass is 9.83. The molecule has 0 aliphatic heterocycles. The van der Waals surface area contributed by atoms with Gasteiger partial charge in [0.1, 0.15) is 11.4 Å². The summed E-state index contributed by atoms with van der Waals surface area (Å²) < 4.78 is 101. The van der Waals surface area contributed by atoms with E-state index in [1.54, 1.807) is 6.92 Å². The van der Waals surface area contributed by atoms with E-state index in [9.17, 15) is 40.7 Å². The third-order valence-corrected chi connectivity index (χ3v) is 9.06. The molecule has 244 valence electrons. The summed E-state index contributed by atoms with van der Waals surface area (Å²) in [5.74, 6) is -16.1. The van der Waals surface area contributed by atoms with Gasteiger partial charge >= 0.3 is 5.97 Å². The molecule has 8 nitrogen and oxygen atoms in total. The van der Waals surface area contributed by atoms with Gasteiger partial charge in [0.15, 0.2) is 34.8 Å². The Kier molecular flexibility index (Phi) is 9.49. The zero-order chi connectivity index (χ0) is 32.6. The molecular formula is C31H32F6N2O6. The molecule has 3 aliphatic carbocycles. The molecule has 0 radical (unpaired) electrons. The molecule has 4 atom stereocenters. The summed E-state index contributed by atoms with van der Waals surface area (Å²) in [5.41, 5.74) is -1.57. The number of fused-ring (bicyclic) bond motifs is 2. The van der Waals surface area contributed by atoms with Gasteiger partial charge in [0.05, 0.1) is 37.2 Å². The van der Waals surface area contributed by atoms with E-state index in [0.29, 0.717) is 44.9 Å². The van der Waals surface area contributed by atoms with Gasteiger partial charge in [0, 0.05) is 12.1 Å². The van der Waals surface area contributed by atoms with Gasteiger partial charge in [0.25, 0.3) is 5.91 Å². The summed E-state index contributed by atoms with van der Waals surface area (Å²) in [6.45, 7) is 2.00. The minimum atomic E-state index is -2.35. The average Bonchev–Trinajstić information content (AvgIpc) is 3.64. The Bertz CT molecular complexity index is 1470. The molecule has 5 rings (SSSR count). The van der Waals surface area contributed by atoms with Crippen LogP contribution in [0.1, 0.15) is 62.2 Å². The molecule has 0 spiro atoms. The quantitative estimate of drug-likeness (QED) is 0.155. The number of carbonyl (C=O) groups excluding carboxylic acids is 3. The molecular weight excluding hydrogens is 610 g/mol. The topological polar surface area (TPSA) is 103 Å². The van der Waals surface area contributed by atoms with Gasteiger partial charge in [-0.15, -0.1) is 0 Å². The number of benzene rings is 2. The van der Waals surface area contributed by atoms with E-state index in [1.165, 1.54) is 13.2 Å². The zero-order valence-corrected chi connectivity index (χ0v) is 24.5. The van der Waals surface area contributed by atoms with Crippen molar-refractivity contribution in [1.82, 2.24) is 5.32 Å². The van der Waals surface area contributed by atoms with Gasteiger partial charge in [-0.05, 0) is 69.8 Å². The van der Waals surface area contributed by atoms with Gasteiger partial charge in [-0.3, -0.25) is 14.4 Å². The summed E-state index contributed by atoms with van der Waals surface area (Å²) in [5, 5.41) is 4.60. The maximum absolute atomic E-state index is 15.0. The number of ether oxygens (including phenoxy) is 3. The van der Waals surface area contributed by atoms with Crippen molar-refractivity contribution in [2.45, 2.75) is 64.0 Å². The molecule has 2 amide bonds. The summed E-state index contributed by atoms with van der Waals surface area (Å²) in [6.07, 6.45) is 3.16. The molecule has 0 saturated heterocycles. The van der Waals surface area contributed by atoms with E-state index in [2.05, 4.69) is 5.32 Å². The number of rotatable bonds is 9. The fourth-order valence-electron chi connectivity index (χ4n) is 6.85. The molecule has 2 aromatic rings. The molecule has 45 heavy (non-hydrogen) atoms. The van der Waals surface area contributed by atoms with Crippen molar-refractivity contribution in [3.8, 4) is 11.5 Å². The van der Waals surface area contributed by atoms with Crippen LogP contribution in [0.4, 0.5) is 32.0 Å². The predicted molar refractivity (Wildman–Crippen MR) is 146 cm³/mol. The van der Waals surface area contributed by atoms with E-state index >= 15 is 0 Å². The maximum Gasteiger partial charge on any atom is 0.308 e. The number of carbonyl (C=O) groups is 3. The molecule has 0 heterocycles. The molecule has 3 aliphatic rings. The third-order valence-electron chi connectivity index (χ3n) is 9.06. The molecule has 0 aromatic heterocycles. The summed E-state index contributed by atoms with van der Waals surface area (Å²) in [6, 6.07) is 1.32. The van der Waals surface area contributed by atoms with Crippen LogP contribution < -0.4 is 20.1 Å². The molecule has 3 saturated carbocycles. The first-order valence-corrected chi connectivity index (χ1v) is 14.8. The Morgan fingerprint density at radius 3 is 2.07 bits per heavy atom. The van der Waals surface area contributed by atoms with Crippen molar-refractivity contribution in [1.29, 1.82) is 0 Å². The highest BCUT2D eigenvalue weighted by molar-refractivity contribution is 5.99. The van der Waals surface area contributed by atoms with E-state index in [0.717, 1.165) is 6.07 Å². The Hall–Kier alpha value is -3.97. The lowest BCUT2D eigenvalue weighted by molar-refractivity contribution is -0.149. The molecule has 2 bridgehead atoms. The third kappa shape index (κ3) is 6.28. The Morgan fingerprint density at radius 2 is 1.44 bits per heavy atom. The van der Waals surface area contributed by atoms with Crippen LogP contribution in [0.5, 0.6) is 11.5 Å². The fourth-order valence-corrected chi connectivity index (χ4v) is 6.85. The van der Waals surface area contributed by atoms with Crippen molar-refractivity contribution in [3.05, 3.63) is 52.6 Å². The second kappa shape index (κ2) is 13.2. The Morgan fingerprint density at radius 1 is 0.822 bits per heavy atom. The number of nitrogens with one attached hydrogen (secondary N) is 2. The van der Waals surface area contributed by atoms with E-state index in [4.69, 9.17) is 14.2 Å². The fraction of sp³-hybridized carbons (Fsp3) is 0.516. The van der Waals surface area contributed by atoms with Crippen LogP contribution in [0, 0.1) is 58.6 Å². The SMILES string of the molecule is CCOC(=O)[C@H]1CC[C@@H](Oc2cc(C(=O)N[C@@H]3[C@H]4CC[C@H](C4)[C@@H]3C(=O)Nc3c(F)c(F)c(F)c(F)c3F)c(OC)cc2F)CC1. The van der Waals surface area contributed by atoms with Crippen molar-refractivity contribution in [2.24, 2.45) is 23.7 Å². The number of amides is 2. The van der Waals surface area contributed by atoms with Crippen LogP contribution in [-0.2, 0) is 14.3 Å². The number of hydrogen-bond donors (Lipinski definition) is 2. The Balaban J connectivity index is 1.32. The standard InChI is InChI=1S/C31H32F6N2O6/c1-3-44-31(42)13-6-8-16(9-7-13)45-20-11-17(19(43-2)12-18(20)32)29(40)38-27-15-5-4-14(10-15)21(27)30(41)39-28-25(36)23(34)22(33)24(35)26(28)37/h11-16,21,27H,3-10H2,1-2H3,(H,38,40)(H,39,41)/t13-,14-,15+,16+,21+,27-/m1/s1. The van der Waals surface area contributed by atoms with Crippen LogP contribution >= 0.6 is 0 Å². The molecule has 2 N–H and O–H groups in total. The molecule has 3 fully saturated rings. The van der Waals surface area contributed by atoms with Crippen molar-refractivity contribution in [3.63, 3.8) is 0 Å². The largest absolute Gasteiger partial charge is 0.496 e. The maximum atomic E-state index is 15.0.